The van der Waals surface area contributed by atoms with E-state index in [0.717, 1.165) is 0 Å². The molecule has 0 saturated heterocycles. The molecular weight excluding hydrogens is 186 g/mol. The second-order valence-corrected chi connectivity index (χ2v) is 2.96. The number of nitro benzene ring substituents is 1. The zero-order chi connectivity index (χ0) is 10.3. The molecule has 0 saturated carbocycles. The van der Waals surface area contributed by atoms with E-state index in [9.17, 15) is 15.2 Å². The van der Waals surface area contributed by atoms with Crippen molar-refractivity contribution in [2.75, 3.05) is 0 Å². The molecule has 0 unspecified atom stereocenters. The SMILES string of the molecule is Cn1cc2cc([N+](=O)[O-])c(O)cc2n1. The van der Waals surface area contributed by atoms with Crippen molar-refractivity contribution in [1.82, 2.24) is 9.78 Å². The third kappa shape index (κ3) is 1.17. The minimum absolute atomic E-state index is 0.300. The normalized spacial score (nSPS) is 10.6. The minimum Gasteiger partial charge on any atom is -0.502 e. The van der Waals surface area contributed by atoms with E-state index in [1.54, 1.807) is 13.2 Å². The molecule has 0 aliphatic heterocycles. The number of phenols is 1. The fourth-order valence-corrected chi connectivity index (χ4v) is 1.32. The molecule has 0 aliphatic rings. The lowest BCUT2D eigenvalue weighted by Gasteiger charge is -1.94. The maximum atomic E-state index is 10.5. The topological polar surface area (TPSA) is 81.2 Å². The van der Waals surface area contributed by atoms with E-state index in [-0.39, 0.29) is 11.4 Å². The number of benzene rings is 1. The van der Waals surface area contributed by atoms with Crippen molar-refractivity contribution in [3.05, 3.63) is 28.4 Å². The number of hydrogen-bond donors (Lipinski definition) is 1. The van der Waals surface area contributed by atoms with Crippen LogP contribution >= 0.6 is 0 Å². The fraction of sp³-hybridized carbons (Fsp3) is 0.125. The van der Waals surface area contributed by atoms with Crippen molar-refractivity contribution in [2.24, 2.45) is 7.05 Å². The molecule has 14 heavy (non-hydrogen) atoms. The molecule has 2 aromatic rings. The van der Waals surface area contributed by atoms with Gasteiger partial charge in [-0.25, -0.2) is 0 Å². The lowest BCUT2D eigenvalue weighted by atomic mass is 10.2. The summed E-state index contributed by atoms with van der Waals surface area (Å²) in [6.45, 7) is 0. The average molecular weight is 193 g/mol. The Kier molecular flexibility index (Phi) is 1.63. The zero-order valence-corrected chi connectivity index (χ0v) is 7.34. The molecule has 2 rings (SSSR count). The van der Waals surface area contributed by atoms with Crippen LogP contribution in [-0.2, 0) is 7.05 Å². The second-order valence-electron chi connectivity index (χ2n) is 2.96. The summed E-state index contributed by atoms with van der Waals surface area (Å²) >= 11 is 0. The van der Waals surface area contributed by atoms with E-state index in [0.29, 0.717) is 10.9 Å². The number of rotatable bonds is 1. The number of hydrogen-bond acceptors (Lipinski definition) is 4. The first kappa shape index (κ1) is 8.49. The van der Waals surface area contributed by atoms with Gasteiger partial charge in [-0.15, -0.1) is 0 Å². The number of nitrogens with zero attached hydrogens (tertiary/aromatic N) is 3. The number of aromatic hydroxyl groups is 1. The highest BCUT2D eigenvalue weighted by molar-refractivity contribution is 5.83. The lowest BCUT2D eigenvalue weighted by Crippen LogP contribution is -1.88. The highest BCUT2D eigenvalue weighted by Crippen LogP contribution is 2.29. The molecule has 1 aromatic carbocycles. The summed E-state index contributed by atoms with van der Waals surface area (Å²) in [7, 11) is 1.71. The minimum atomic E-state index is -0.623. The quantitative estimate of drug-likeness (QED) is 0.544. The number of aromatic nitrogens is 2. The Balaban J connectivity index is 2.76. The van der Waals surface area contributed by atoms with Crippen LogP contribution in [0, 0.1) is 10.1 Å². The molecule has 0 bridgehead atoms. The molecule has 0 atom stereocenters. The third-order valence-electron chi connectivity index (χ3n) is 1.91. The first-order valence-electron chi connectivity index (χ1n) is 3.88. The van der Waals surface area contributed by atoms with Gasteiger partial charge in [0.15, 0.2) is 5.75 Å². The van der Waals surface area contributed by atoms with Crippen LogP contribution in [0.15, 0.2) is 18.3 Å². The van der Waals surface area contributed by atoms with Crippen LogP contribution < -0.4 is 0 Å². The number of phenolic OH excluding ortho intramolecular Hbond substituents is 1. The smallest absolute Gasteiger partial charge is 0.311 e. The second kappa shape index (κ2) is 2.69. The first-order valence-corrected chi connectivity index (χ1v) is 3.88. The van der Waals surface area contributed by atoms with Crippen LogP contribution in [0.1, 0.15) is 0 Å². The number of fused-ring (bicyclic) bond motifs is 1. The Morgan fingerprint density at radius 3 is 2.93 bits per heavy atom. The van der Waals surface area contributed by atoms with Gasteiger partial charge in [0.25, 0.3) is 0 Å². The van der Waals surface area contributed by atoms with E-state index < -0.39 is 4.92 Å². The summed E-state index contributed by atoms with van der Waals surface area (Å²) in [4.78, 5) is 9.87. The van der Waals surface area contributed by atoms with Crippen molar-refractivity contribution in [2.45, 2.75) is 0 Å². The van der Waals surface area contributed by atoms with Gasteiger partial charge in [0.05, 0.1) is 10.4 Å². The lowest BCUT2D eigenvalue weighted by molar-refractivity contribution is -0.385. The van der Waals surface area contributed by atoms with Crippen LogP contribution in [0.5, 0.6) is 5.75 Å². The summed E-state index contributed by atoms with van der Waals surface area (Å²) in [5.74, 6) is -0.360. The maximum Gasteiger partial charge on any atom is 0.311 e. The predicted octanol–water partition coefficient (Wildman–Crippen LogP) is 1.19. The molecule has 0 spiro atoms. The van der Waals surface area contributed by atoms with Gasteiger partial charge in [-0.2, -0.15) is 5.10 Å². The van der Waals surface area contributed by atoms with Gasteiger partial charge in [-0.05, 0) is 0 Å². The highest BCUT2D eigenvalue weighted by Gasteiger charge is 2.15. The van der Waals surface area contributed by atoms with Gasteiger partial charge in [-0.1, -0.05) is 0 Å². The van der Waals surface area contributed by atoms with Crippen LogP contribution in [-0.4, -0.2) is 19.8 Å². The Hall–Kier alpha value is -2.11. The largest absolute Gasteiger partial charge is 0.502 e. The van der Waals surface area contributed by atoms with Gasteiger partial charge in [0, 0.05) is 30.8 Å². The Bertz CT molecular complexity index is 518. The standard InChI is InChI=1S/C8H7N3O3/c1-10-4-5-2-7(11(13)14)8(12)3-6(5)9-10/h2-4,12H,1H3. The Morgan fingerprint density at radius 2 is 2.29 bits per heavy atom. The summed E-state index contributed by atoms with van der Waals surface area (Å²) < 4.78 is 1.54. The van der Waals surface area contributed by atoms with Gasteiger partial charge in [0.2, 0.25) is 0 Å². The van der Waals surface area contributed by atoms with Crippen LogP contribution in [0.2, 0.25) is 0 Å². The Labute approximate surface area is 78.5 Å². The molecule has 1 aromatic heterocycles. The van der Waals surface area contributed by atoms with E-state index in [4.69, 9.17) is 0 Å². The van der Waals surface area contributed by atoms with Crippen LogP contribution in [0.25, 0.3) is 10.9 Å². The number of aryl methyl sites for hydroxylation is 1. The zero-order valence-electron chi connectivity index (χ0n) is 7.34. The fourth-order valence-electron chi connectivity index (χ4n) is 1.32. The maximum absolute atomic E-state index is 10.5. The molecule has 0 amide bonds. The van der Waals surface area contributed by atoms with Crippen LogP contribution in [0.4, 0.5) is 5.69 Å². The highest BCUT2D eigenvalue weighted by atomic mass is 16.6. The van der Waals surface area contributed by atoms with E-state index in [1.165, 1.54) is 16.8 Å². The van der Waals surface area contributed by atoms with E-state index in [1.807, 2.05) is 0 Å². The van der Waals surface area contributed by atoms with Gasteiger partial charge in [-0.3, -0.25) is 14.8 Å². The molecule has 1 N–H and O–H groups in total. The summed E-state index contributed by atoms with van der Waals surface area (Å²) in [5.41, 5.74) is 0.237. The van der Waals surface area contributed by atoms with Gasteiger partial charge >= 0.3 is 5.69 Å². The van der Waals surface area contributed by atoms with Crippen molar-refractivity contribution >= 4 is 16.6 Å². The van der Waals surface area contributed by atoms with E-state index in [2.05, 4.69) is 5.10 Å². The predicted molar refractivity (Wildman–Crippen MR) is 49.0 cm³/mol. The Morgan fingerprint density at radius 1 is 1.57 bits per heavy atom. The summed E-state index contributed by atoms with van der Waals surface area (Å²) in [5, 5.41) is 24.4. The molecule has 0 radical (unpaired) electrons. The van der Waals surface area contributed by atoms with Gasteiger partial charge < -0.3 is 5.11 Å². The van der Waals surface area contributed by atoms with Crippen molar-refractivity contribution in [1.29, 1.82) is 0 Å². The monoisotopic (exact) mass is 193 g/mol. The van der Waals surface area contributed by atoms with Crippen molar-refractivity contribution < 1.29 is 10.0 Å². The number of nitro groups is 1. The van der Waals surface area contributed by atoms with E-state index >= 15 is 0 Å². The summed E-state index contributed by atoms with van der Waals surface area (Å²) in [6.07, 6.45) is 1.65. The molecule has 6 heteroatoms. The molecule has 6 nitrogen and oxygen atoms in total. The average Bonchev–Trinajstić information content (AvgIpc) is 2.42. The molecule has 0 fully saturated rings. The molecule has 1 heterocycles. The molecule has 0 aliphatic carbocycles. The first-order chi connectivity index (χ1) is 6.58. The van der Waals surface area contributed by atoms with Gasteiger partial charge in [0.1, 0.15) is 0 Å². The van der Waals surface area contributed by atoms with Crippen molar-refractivity contribution in [3.63, 3.8) is 0 Å². The summed E-state index contributed by atoms with van der Waals surface area (Å²) in [6, 6.07) is 2.59. The third-order valence-corrected chi connectivity index (χ3v) is 1.91. The van der Waals surface area contributed by atoms with Crippen molar-refractivity contribution in [3.8, 4) is 5.75 Å². The molecular formula is C8H7N3O3. The molecule has 72 valence electrons. The van der Waals surface area contributed by atoms with Crippen LogP contribution in [0.3, 0.4) is 0 Å².